The zero-order valence-electron chi connectivity index (χ0n) is 14.1. The Hall–Kier alpha value is -1.50. The first kappa shape index (κ1) is 18.8. The Bertz CT molecular complexity index is 517. The van der Waals surface area contributed by atoms with Crippen LogP contribution in [0.15, 0.2) is 24.3 Å². The summed E-state index contributed by atoms with van der Waals surface area (Å²) in [6, 6.07) is 6.45. The molecule has 1 fully saturated rings. The second-order valence-corrected chi connectivity index (χ2v) is 6.09. The average Bonchev–Trinajstić information content (AvgIpc) is 2.57. The molecule has 6 heteroatoms. The van der Waals surface area contributed by atoms with Crippen LogP contribution in [0, 0.1) is 11.7 Å². The van der Waals surface area contributed by atoms with E-state index in [1.54, 1.807) is 18.2 Å². The van der Waals surface area contributed by atoms with Crippen molar-refractivity contribution < 1.29 is 23.8 Å². The number of hydrogen-bond donors (Lipinski definition) is 1. The van der Waals surface area contributed by atoms with E-state index in [1.807, 2.05) is 6.92 Å². The minimum atomic E-state index is -0.629. The predicted molar refractivity (Wildman–Crippen MR) is 87.9 cm³/mol. The minimum absolute atomic E-state index is 0.0318. The number of rotatable bonds is 8. The molecule has 0 unspecified atom stereocenters. The van der Waals surface area contributed by atoms with Gasteiger partial charge in [-0.3, -0.25) is 4.79 Å². The van der Waals surface area contributed by atoms with Crippen LogP contribution in [0.25, 0.3) is 0 Å². The lowest BCUT2D eigenvalue weighted by molar-refractivity contribution is -0.149. The number of hydrogen-bond acceptors (Lipinski definition) is 5. The highest BCUT2D eigenvalue weighted by molar-refractivity contribution is 5.72. The number of halogens is 1. The minimum Gasteiger partial charge on any atom is -0.466 e. The summed E-state index contributed by atoms with van der Waals surface area (Å²) in [6.45, 7) is 4.54. The zero-order valence-corrected chi connectivity index (χ0v) is 14.1. The molecular weight excluding hydrogens is 313 g/mol. The fourth-order valence-corrected chi connectivity index (χ4v) is 2.88. The molecule has 0 radical (unpaired) electrons. The molecule has 1 aromatic carbocycles. The molecule has 2 rings (SSSR count). The topological polar surface area (TPSA) is 59.0 Å². The number of ether oxygens (including phenoxy) is 2. The molecule has 1 aliphatic heterocycles. The quantitative estimate of drug-likeness (QED) is 0.734. The number of β-amino-alcohol motifs (C(OH)–C–C–N with tert-alkyl or cyclic N) is 1. The van der Waals surface area contributed by atoms with E-state index in [-0.39, 0.29) is 30.9 Å². The van der Waals surface area contributed by atoms with E-state index in [2.05, 4.69) is 4.90 Å². The number of aliphatic hydroxyl groups is 1. The number of piperidine rings is 1. The summed E-state index contributed by atoms with van der Waals surface area (Å²) in [4.78, 5) is 13.8. The van der Waals surface area contributed by atoms with Crippen molar-refractivity contribution in [1.82, 2.24) is 4.90 Å². The van der Waals surface area contributed by atoms with Crippen LogP contribution in [0.4, 0.5) is 4.39 Å². The molecule has 1 aromatic rings. The van der Waals surface area contributed by atoms with Crippen molar-refractivity contribution in [2.45, 2.75) is 32.5 Å². The second-order valence-electron chi connectivity index (χ2n) is 6.09. The van der Waals surface area contributed by atoms with Gasteiger partial charge in [0.1, 0.15) is 5.82 Å². The van der Waals surface area contributed by atoms with E-state index in [1.165, 1.54) is 6.07 Å². The molecule has 0 aromatic heterocycles. The Kier molecular flexibility index (Phi) is 7.62. The molecule has 1 N–H and O–H groups in total. The van der Waals surface area contributed by atoms with Crippen LogP contribution in [0.2, 0.25) is 0 Å². The van der Waals surface area contributed by atoms with Gasteiger partial charge in [0.25, 0.3) is 0 Å². The highest BCUT2D eigenvalue weighted by atomic mass is 19.1. The van der Waals surface area contributed by atoms with Crippen LogP contribution in [0.5, 0.6) is 0 Å². The van der Waals surface area contributed by atoms with Crippen LogP contribution < -0.4 is 0 Å². The smallest absolute Gasteiger partial charge is 0.309 e. The van der Waals surface area contributed by atoms with Gasteiger partial charge in [-0.1, -0.05) is 18.2 Å². The van der Waals surface area contributed by atoms with Gasteiger partial charge in [0.05, 0.1) is 31.8 Å². The number of likely N-dealkylation sites (tertiary alicyclic amines) is 1. The molecule has 134 valence electrons. The standard InChI is InChI=1S/C18H26FNO4/c1-2-24-18(22)14-7-9-20(10-8-14)11-16(21)13-23-12-15-5-3-4-6-17(15)19/h3-6,14,16,21H,2,7-13H2,1H3/t16-/m0/s1. The monoisotopic (exact) mass is 339 g/mol. The summed E-state index contributed by atoms with van der Waals surface area (Å²) in [5.74, 6) is -0.449. The molecule has 0 bridgehead atoms. The van der Waals surface area contributed by atoms with Crippen molar-refractivity contribution >= 4 is 5.97 Å². The highest BCUT2D eigenvalue weighted by Crippen LogP contribution is 2.19. The SMILES string of the molecule is CCOC(=O)C1CCN(C[C@H](O)COCc2ccccc2F)CC1. The first-order valence-electron chi connectivity index (χ1n) is 8.48. The van der Waals surface area contributed by atoms with Gasteiger partial charge in [-0.05, 0) is 38.9 Å². The summed E-state index contributed by atoms with van der Waals surface area (Å²) in [5, 5.41) is 10.1. The van der Waals surface area contributed by atoms with Crippen LogP contribution in [0.1, 0.15) is 25.3 Å². The molecule has 0 spiro atoms. The summed E-state index contributed by atoms with van der Waals surface area (Å²) in [7, 11) is 0. The first-order valence-corrected chi connectivity index (χ1v) is 8.48. The van der Waals surface area contributed by atoms with Gasteiger partial charge in [-0.15, -0.1) is 0 Å². The molecule has 24 heavy (non-hydrogen) atoms. The third kappa shape index (κ3) is 5.85. The van der Waals surface area contributed by atoms with Gasteiger partial charge >= 0.3 is 5.97 Å². The number of aliphatic hydroxyl groups excluding tert-OH is 1. The lowest BCUT2D eigenvalue weighted by atomic mass is 9.97. The Balaban J connectivity index is 1.64. The van der Waals surface area contributed by atoms with Crippen molar-refractivity contribution in [3.05, 3.63) is 35.6 Å². The molecule has 5 nitrogen and oxygen atoms in total. The van der Waals surface area contributed by atoms with Crippen LogP contribution in [-0.4, -0.2) is 54.9 Å². The third-order valence-corrected chi connectivity index (χ3v) is 4.20. The van der Waals surface area contributed by atoms with E-state index in [9.17, 15) is 14.3 Å². The van der Waals surface area contributed by atoms with Crippen molar-refractivity contribution in [1.29, 1.82) is 0 Å². The van der Waals surface area contributed by atoms with Gasteiger partial charge in [-0.25, -0.2) is 4.39 Å². The molecule has 1 aliphatic rings. The summed E-state index contributed by atoms with van der Waals surface area (Å²) >= 11 is 0. The van der Waals surface area contributed by atoms with Gasteiger partial charge in [-0.2, -0.15) is 0 Å². The van der Waals surface area contributed by atoms with Gasteiger partial charge < -0.3 is 19.5 Å². The summed E-state index contributed by atoms with van der Waals surface area (Å²) < 4.78 is 23.9. The number of benzene rings is 1. The summed E-state index contributed by atoms with van der Waals surface area (Å²) in [6.07, 6.45) is 0.874. The van der Waals surface area contributed by atoms with E-state index in [0.717, 1.165) is 25.9 Å². The first-order chi connectivity index (χ1) is 11.6. The second kappa shape index (κ2) is 9.71. The van der Waals surface area contributed by atoms with E-state index in [0.29, 0.717) is 18.7 Å². The van der Waals surface area contributed by atoms with Crippen LogP contribution >= 0.6 is 0 Å². The molecular formula is C18H26FNO4. The van der Waals surface area contributed by atoms with Crippen molar-refractivity contribution in [2.75, 3.05) is 32.8 Å². The highest BCUT2D eigenvalue weighted by Gasteiger charge is 2.26. The van der Waals surface area contributed by atoms with E-state index < -0.39 is 6.10 Å². The zero-order chi connectivity index (χ0) is 17.4. The van der Waals surface area contributed by atoms with E-state index >= 15 is 0 Å². The Morgan fingerprint density at radius 1 is 1.38 bits per heavy atom. The predicted octanol–water partition coefficient (Wildman–Crippen LogP) is 1.98. The Morgan fingerprint density at radius 2 is 2.08 bits per heavy atom. The fourth-order valence-electron chi connectivity index (χ4n) is 2.88. The molecule has 1 atom stereocenters. The number of esters is 1. The maximum atomic E-state index is 13.5. The summed E-state index contributed by atoms with van der Waals surface area (Å²) in [5.41, 5.74) is 0.486. The number of carbonyl (C=O) groups is 1. The number of carbonyl (C=O) groups excluding carboxylic acids is 1. The van der Waals surface area contributed by atoms with Gasteiger partial charge in [0.15, 0.2) is 0 Å². The maximum absolute atomic E-state index is 13.5. The lowest BCUT2D eigenvalue weighted by Gasteiger charge is -2.32. The molecule has 1 saturated heterocycles. The van der Waals surface area contributed by atoms with Gasteiger partial charge in [0.2, 0.25) is 0 Å². The average molecular weight is 339 g/mol. The van der Waals surface area contributed by atoms with Crippen molar-refractivity contribution in [3.63, 3.8) is 0 Å². The van der Waals surface area contributed by atoms with Crippen LogP contribution in [0.3, 0.4) is 0 Å². The Morgan fingerprint density at radius 3 is 2.75 bits per heavy atom. The molecule has 0 saturated carbocycles. The Labute approximate surface area is 142 Å². The number of nitrogens with zero attached hydrogens (tertiary/aromatic N) is 1. The van der Waals surface area contributed by atoms with Crippen molar-refractivity contribution in [2.24, 2.45) is 5.92 Å². The van der Waals surface area contributed by atoms with E-state index in [4.69, 9.17) is 9.47 Å². The van der Waals surface area contributed by atoms with Gasteiger partial charge in [0, 0.05) is 12.1 Å². The normalized spacial score (nSPS) is 17.6. The molecule has 0 amide bonds. The third-order valence-electron chi connectivity index (χ3n) is 4.20. The van der Waals surface area contributed by atoms with Crippen LogP contribution in [-0.2, 0) is 20.9 Å². The van der Waals surface area contributed by atoms with Crippen molar-refractivity contribution in [3.8, 4) is 0 Å². The molecule has 1 heterocycles. The fraction of sp³-hybridized carbons (Fsp3) is 0.611. The largest absolute Gasteiger partial charge is 0.466 e. The molecule has 0 aliphatic carbocycles. The maximum Gasteiger partial charge on any atom is 0.309 e. The lowest BCUT2D eigenvalue weighted by Crippen LogP contribution is -2.42.